The molecule has 1 aromatic carbocycles. The summed E-state index contributed by atoms with van der Waals surface area (Å²) in [5.41, 5.74) is -1.15. The lowest BCUT2D eigenvalue weighted by atomic mass is 9.70. The molecular weight excluding hydrogens is 657 g/mol. The summed E-state index contributed by atoms with van der Waals surface area (Å²) in [6.45, 7) is 3.21. The van der Waals surface area contributed by atoms with Crippen molar-refractivity contribution >= 4 is 49.7 Å². The van der Waals surface area contributed by atoms with Crippen molar-refractivity contribution in [3.05, 3.63) is 72.1 Å². The number of amides is 3. The van der Waals surface area contributed by atoms with Crippen LogP contribution < -0.4 is 33.8 Å². The van der Waals surface area contributed by atoms with E-state index in [1.165, 1.54) is 50.8 Å². The molecule has 20 heteroatoms. The number of hydrogen-bond acceptors (Lipinski definition) is 9. The fourth-order valence-electron chi connectivity index (χ4n) is 5.00. The van der Waals surface area contributed by atoms with Crippen molar-refractivity contribution in [2.75, 3.05) is 28.4 Å². The van der Waals surface area contributed by atoms with Crippen molar-refractivity contribution in [2.45, 2.75) is 37.6 Å². The van der Waals surface area contributed by atoms with E-state index in [0.717, 1.165) is 29.2 Å². The average molecular weight is 687 g/mol. The quantitative estimate of drug-likeness (QED) is 0.178. The van der Waals surface area contributed by atoms with Gasteiger partial charge in [0.25, 0.3) is 26.3 Å². The summed E-state index contributed by atoms with van der Waals surface area (Å²) in [6.07, 6.45) is -2.36. The Morgan fingerprint density at radius 1 is 0.826 bits per heavy atom. The van der Waals surface area contributed by atoms with E-state index >= 15 is 0 Å². The number of rotatable bonds is 12. The molecule has 2 atom stereocenters. The number of carbonyl (C=O) groups excluding carboxylic acids is 2. The zero-order valence-corrected chi connectivity index (χ0v) is 26.2. The molecule has 4 rings (SSSR count). The maximum Gasteiger partial charge on any atom is 0.573 e. The van der Waals surface area contributed by atoms with Gasteiger partial charge in [0.1, 0.15) is 22.9 Å². The highest BCUT2D eigenvalue weighted by Gasteiger charge is 2.58. The molecule has 1 saturated heterocycles. The maximum absolute atomic E-state index is 14.5. The summed E-state index contributed by atoms with van der Waals surface area (Å²) in [5, 5.41) is 2.76. The molecule has 1 aliphatic rings. The Balaban J connectivity index is 1.82. The Morgan fingerprint density at radius 3 is 1.70 bits per heavy atom. The fourth-order valence-corrected chi connectivity index (χ4v) is 5.98. The van der Waals surface area contributed by atoms with Crippen molar-refractivity contribution in [3.63, 3.8) is 0 Å². The summed E-state index contributed by atoms with van der Waals surface area (Å²) >= 11 is 0. The number of alkyl halides is 3. The van der Waals surface area contributed by atoms with Crippen LogP contribution in [0.1, 0.15) is 36.8 Å². The minimum atomic E-state index is -4.96. The van der Waals surface area contributed by atoms with Gasteiger partial charge in [-0.3, -0.25) is 14.2 Å². The third-order valence-electron chi connectivity index (χ3n) is 7.35. The predicted octanol–water partition coefficient (Wildman–Crippen LogP) is 2.53. The number of nitrogens with zero attached hydrogens (tertiary/aromatic N) is 3. The van der Waals surface area contributed by atoms with Gasteiger partial charge in [-0.2, -0.15) is 16.8 Å². The second kappa shape index (κ2) is 12.7. The average Bonchev–Trinajstić information content (AvgIpc) is 3.26. The highest BCUT2D eigenvalue weighted by molar-refractivity contribution is 7.91. The van der Waals surface area contributed by atoms with E-state index in [0.29, 0.717) is 11.1 Å². The van der Waals surface area contributed by atoms with Crippen LogP contribution in [0.2, 0.25) is 0 Å². The van der Waals surface area contributed by atoms with Gasteiger partial charge in [-0.25, -0.2) is 29.1 Å². The lowest BCUT2D eigenvalue weighted by Gasteiger charge is -2.39. The molecule has 2 aromatic heterocycles. The summed E-state index contributed by atoms with van der Waals surface area (Å²) in [4.78, 5) is 36.8. The molecule has 0 saturated carbocycles. The van der Waals surface area contributed by atoms with Crippen LogP contribution in [-0.4, -0.2) is 64.7 Å². The lowest BCUT2D eigenvalue weighted by molar-refractivity contribution is -0.274. The van der Waals surface area contributed by atoms with Gasteiger partial charge in [0.2, 0.25) is 0 Å². The number of pyridine rings is 2. The maximum atomic E-state index is 14.5. The number of hydrogen-bond donors (Lipinski definition) is 5. The van der Waals surface area contributed by atoms with Crippen molar-refractivity contribution < 1.29 is 44.3 Å². The number of urea groups is 1. The van der Waals surface area contributed by atoms with Crippen LogP contribution in [0.3, 0.4) is 0 Å². The second-order valence-electron chi connectivity index (χ2n) is 9.99. The summed E-state index contributed by atoms with van der Waals surface area (Å²) < 4.78 is 99.1. The van der Waals surface area contributed by atoms with Crippen molar-refractivity contribution in [1.82, 2.24) is 24.7 Å². The molecule has 248 valence electrons. The van der Waals surface area contributed by atoms with E-state index in [1.807, 2.05) is 0 Å². The first kappa shape index (κ1) is 34.3. The zero-order chi connectivity index (χ0) is 34.1. The Kier molecular flexibility index (Phi) is 9.48. The zero-order valence-electron chi connectivity index (χ0n) is 24.6. The minimum absolute atomic E-state index is 0.0623. The fraction of sp³-hybridized carbons (Fsp3) is 0.308. The third-order valence-corrected chi connectivity index (χ3v) is 9.38. The number of halogens is 3. The largest absolute Gasteiger partial charge is 0.573 e. The molecule has 0 bridgehead atoms. The van der Waals surface area contributed by atoms with E-state index < -0.39 is 61.8 Å². The Morgan fingerprint density at radius 2 is 1.28 bits per heavy atom. The highest BCUT2D eigenvalue weighted by atomic mass is 32.2. The van der Waals surface area contributed by atoms with Crippen molar-refractivity contribution in [3.8, 4) is 5.75 Å². The number of imide groups is 1. The van der Waals surface area contributed by atoms with Gasteiger partial charge in [0.15, 0.2) is 0 Å². The number of anilines is 3. The smallest absolute Gasteiger partial charge is 0.406 e. The molecule has 5 N–H and O–H groups in total. The highest BCUT2D eigenvalue weighted by Crippen LogP contribution is 2.45. The van der Waals surface area contributed by atoms with Gasteiger partial charge in [0, 0.05) is 38.3 Å². The molecule has 46 heavy (non-hydrogen) atoms. The molecule has 1 aliphatic heterocycles. The van der Waals surface area contributed by atoms with Crippen molar-refractivity contribution in [1.29, 1.82) is 0 Å². The molecular formula is C26H29F3N8O7S2. The number of benzene rings is 1. The Labute approximate surface area is 262 Å². The van der Waals surface area contributed by atoms with E-state index in [-0.39, 0.29) is 17.3 Å². The molecule has 3 heterocycles. The predicted molar refractivity (Wildman–Crippen MR) is 160 cm³/mol. The topological polar surface area (TPSA) is 201 Å². The van der Waals surface area contributed by atoms with Gasteiger partial charge in [-0.1, -0.05) is 13.8 Å². The molecule has 2 unspecified atom stereocenters. The lowest BCUT2D eigenvalue weighted by Crippen LogP contribution is -2.55. The van der Waals surface area contributed by atoms with Crippen LogP contribution in [0.15, 0.2) is 60.9 Å². The SMILES string of the molecule is CNS(=O)(=O)Nc1cc(C(C)C2(C(C)c3ccnc(NS(=O)(=O)NC)c3)NC(=O)N(c3ccc(OC(F)(F)F)cc3)C2=O)ccn1. The molecule has 0 spiro atoms. The van der Waals surface area contributed by atoms with Crippen LogP contribution in [0.25, 0.3) is 0 Å². The van der Waals surface area contributed by atoms with Gasteiger partial charge in [0.05, 0.1) is 5.69 Å². The van der Waals surface area contributed by atoms with Crippen LogP contribution in [0, 0.1) is 0 Å². The van der Waals surface area contributed by atoms with Gasteiger partial charge in [-0.05, 0) is 59.7 Å². The number of carbonyl (C=O) groups is 2. The normalized spacial score (nSPS) is 18.5. The van der Waals surface area contributed by atoms with Crippen LogP contribution in [-0.2, 0) is 25.2 Å². The van der Waals surface area contributed by atoms with Crippen LogP contribution in [0.5, 0.6) is 5.75 Å². The van der Waals surface area contributed by atoms with E-state index in [9.17, 15) is 39.6 Å². The summed E-state index contributed by atoms with van der Waals surface area (Å²) in [7, 11) is -5.55. The number of nitrogens with one attached hydrogen (secondary N) is 5. The van der Waals surface area contributed by atoms with Crippen LogP contribution >= 0.6 is 0 Å². The first-order chi connectivity index (χ1) is 21.4. The molecule has 0 radical (unpaired) electrons. The van der Waals surface area contributed by atoms with Crippen molar-refractivity contribution in [2.24, 2.45) is 0 Å². The Bertz CT molecular complexity index is 1760. The number of ether oxygens (including phenoxy) is 1. The van der Waals surface area contributed by atoms with Gasteiger partial charge >= 0.3 is 12.4 Å². The Hall–Kier alpha value is -4.53. The molecule has 3 amide bonds. The second-order valence-corrected chi connectivity index (χ2v) is 13.2. The molecule has 1 fully saturated rings. The standard InChI is InChI=1S/C26H29F3N8O7S2/c1-15(17-9-11-32-21(13-17)35-45(40,41)30-3)25(16(2)18-10-12-33-22(14-18)36-46(42,43)31-4)23(38)37(24(39)34-25)19-5-7-20(8-6-19)44-26(27,28)29/h5-16,30-31H,1-4H3,(H,32,35)(H,33,36)(H,34,39). The monoisotopic (exact) mass is 686 g/mol. The van der Waals surface area contributed by atoms with Gasteiger partial charge < -0.3 is 10.1 Å². The van der Waals surface area contributed by atoms with E-state index in [2.05, 4.69) is 38.9 Å². The van der Waals surface area contributed by atoms with E-state index in [1.54, 1.807) is 13.8 Å². The minimum Gasteiger partial charge on any atom is -0.406 e. The summed E-state index contributed by atoms with van der Waals surface area (Å²) in [6, 6.07) is 8.99. The van der Waals surface area contributed by atoms with Crippen LogP contribution in [0.4, 0.5) is 35.3 Å². The van der Waals surface area contributed by atoms with Gasteiger partial charge in [-0.15, -0.1) is 13.2 Å². The molecule has 15 nitrogen and oxygen atoms in total. The van der Waals surface area contributed by atoms with E-state index in [4.69, 9.17) is 0 Å². The molecule has 0 aliphatic carbocycles. The summed E-state index contributed by atoms with van der Waals surface area (Å²) in [5.74, 6) is -3.39. The molecule has 3 aromatic rings. The number of aromatic nitrogens is 2. The third kappa shape index (κ3) is 7.30. The first-order valence-electron chi connectivity index (χ1n) is 13.3. The first-order valence-corrected chi connectivity index (χ1v) is 16.2.